The molecular weight excluding hydrogens is 226 g/mol. The number of aryl methyl sites for hydroxylation is 1. The van der Waals surface area contributed by atoms with Gasteiger partial charge in [0.2, 0.25) is 0 Å². The van der Waals surface area contributed by atoms with Crippen LogP contribution in [0.2, 0.25) is 0 Å². The fourth-order valence-corrected chi connectivity index (χ4v) is 3.40. The second-order valence-electron chi connectivity index (χ2n) is 5.62. The summed E-state index contributed by atoms with van der Waals surface area (Å²) in [6.45, 7) is 3.26. The number of fused-ring (bicyclic) bond motifs is 2. The number of ether oxygens (including phenoxy) is 1. The van der Waals surface area contributed by atoms with Crippen LogP contribution < -0.4 is 5.32 Å². The molecule has 18 heavy (non-hydrogen) atoms. The molecule has 2 aliphatic heterocycles. The molecular formula is C14H23N3O. The number of nitrogens with zero attached hydrogens (tertiary/aromatic N) is 2. The Morgan fingerprint density at radius 2 is 2.44 bits per heavy atom. The molecule has 2 aliphatic rings. The maximum atomic E-state index is 6.00. The highest BCUT2D eigenvalue weighted by Gasteiger charge is 2.45. The van der Waals surface area contributed by atoms with Gasteiger partial charge in [-0.05, 0) is 38.3 Å². The van der Waals surface area contributed by atoms with E-state index < -0.39 is 0 Å². The van der Waals surface area contributed by atoms with Crippen LogP contribution in [0.25, 0.3) is 0 Å². The van der Waals surface area contributed by atoms with Crippen LogP contribution in [0.5, 0.6) is 0 Å². The first-order valence-corrected chi connectivity index (χ1v) is 7.16. The summed E-state index contributed by atoms with van der Waals surface area (Å²) in [4.78, 5) is 0. The predicted octanol–water partition coefficient (Wildman–Crippen LogP) is 2.03. The number of hydrogen-bond acceptors (Lipinski definition) is 3. The molecule has 0 spiro atoms. The molecule has 100 valence electrons. The molecule has 3 rings (SSSR count). The van der Waals surface area contributed by atoms with Crippen LogP contribution in [-0.4, -0.2) is 28.5 Å². The highest BCUT2D eigenvalue weighted by Crippen LogP contribution is 2.44. The van der Waals surface area contributed by atoms with Crippen molar-refractivity contribution >= 4 is 0 Å². The van der Waals surface area contributed by atoms with Crippen molar-refractivity contribution in [3.63, 3.8) is 0 Å². The molecule has 2 saturated heterocycles. The smallest absolute Gasteiger partial charge is 0.0797 e. The molecule has 0 radical (unpaired) electrons. The van der Waals surface area contributed by atoms with Gasteiger partial charge in [0.1, 0.15) is 0 Å². The lowest BCUT2D eigenvalue weighted by Gasteiger charge is -2.28. The van der Waals surface area contributed by atoms with Gasteiger partial charge in [-0.1, -0.05) is 6.92 Å². The Morgan fingerprint density at radius 1 is 1.56 bits per heavy atom. The first-order chi connectivity index (χ1) is 8.78. The number of rotatable bonds is 5. The normalized spacial score (nSPS) is 32.0. The molecule has 4 unspecified atom stereocenters. The van der Waals surface area contributed by atoms with Crippen molar-refractivity contribution in [2.45, 2.75) is 50.9 Å². The molecule has 3 heterocycles. The van der Waals surface area contributed by atoms with E-state index in [4.69, 9.17) is 4.74 Å². The molecule has 4 atom stereocenters. The van der Waals surface area contributed by atoms with Crippen LogP contribution in [0, 0.1) is 5.92 Å². The average molecular weight is 249 g/mol. The Labute approximate surface area is 109 Å². The van der Waals surface area contributed by atoms with Gasteiger partial charge < -0.3 is 10.1 Å². The number of nitrogens with one attached hydrogen (secondary N) is 1. The highest BCUT2D eigenvalue weighted by atomic mass is 16.5. The van der Waals surface area contributed by atoms with Crippen LogP contribution in [0.1, 0.15) is 44.3 Å². The number of hydrogen-bond donors (Lipinski definition) is 1. The third-order valence-corrected chi connectivity index (χ3v) is 4.25. The minimum absolute atomic E-state index is 0.362. The minimum Gasteiger partial charge on any atom is -0.375 e. The number of aromatic nitrogens is 2. The van der Waals surface area contributed by atoms with Gasteiger partial charge in [-0.15, -0.1) is 0 Å². The van der Waals surface area contributed by atoms with E-state index in [2.05, 4.69) is 23.4 Å². The van der Waals surface area contributed by atoms with Crippen molar-refractivity contribution in [1.29, 1.82) is 0 Å². The van der Waals surface area contributed by atoms with Gasteiger partial charge in [-0.2, -0.15) is 5.10 Å². The molecule has 0 aromatic carbocycles. The maximum Gasteiger partial charge on any atom is 0.0797 e. The van der Waals surface area contributed by atoms with Crippen molar-refractivity contribution in [2.75, 3.05) is 6.54 Å². The Balaban J connectivity index is 1.77. The van der Waals surface area contributed by atoms with E-state index in [1.807, 2.05) is 17.9 Å². The molecule has 4 heteroatoms. The highest BCUT2D eigenvalue weighted by molar-refractivity contribution is 5.10. The van der Waals surface area contributed by atoms with Crippen LogP contribution in [0.15, 0.2) is 12.3 Å². The lowest BCUT2D eigenvalue weighted by Crippen LogP contribution is -2.34. The molecule has 4 nitrogen and oxygen atoms in total. The van der Waals surface area contributed by atoms with Crippen molar-refractivity contribution < 1.29 is 4.74 Å². The fourth-order valence-electron chi connectivity index (χ4n) is 3.40. The molecule has 1 aromatic rings. The summed E-state index contributed by atoms with van der Waals surface area (Å²) < 4.78 is 7.89. The zero-order chi connectivity index (χ0) is 12.5. The van der Waals surface area contributed by atoms with Gasteiger partial charge in [0.25, 0.3) is 0 Å². The van der Waals surface area contributed by atoms with Gasteiger partial charge >= 0.3 is 0 Å². The zero-order valence-electron chi connectivity index (χ0n) is 11.3. The third-order valence-electron chi connectivity index (χ3n) is 4.25. The fraction of sp³-hybridized carbons (Fsp3) is 0.786. The molecule has 2 bridgehead atoms. The topological polar surface area (TPSA) is 39.1 Å². The second-order valence-corrected chi connectivity index (χ2v) is 5.62. The molecule has 1 aromatic heterocycles. The lowest BCUT2D eigenvalue weighted by atomic mass is 9.82. The van der Waals surface area contributed by atoms with Crippen molar-refractivity contribution in [3.05, 3.63) is 18.0 Å². The van der Waals surface area contributed by atoms with Gasteiger partial charge in [0.05, 0.1) is 23.9 Å². The largest absolute Gasteiger partial charge is 0.375 e. The standard InChI is InChI=1S/C14H23N3O/c1-3-7-15-14(12-6-8-17(2)16-12)11-9-10-4-5-13(11)18-10/h6,8,10-11,13-15H,3-5,7,9H2,1-2H3. The van der Waals surface area contributed by atoms with Crippen molar-refractivity contribution in [2.24, 2.45) is 13.0 Å². The second kappa shape index (κ2) is 5.02. The van der Waals surface area contributed by atoms with E-state index in [9.17, 15) is 0 Å². The van der Waals surface area contributed by atoms with Crippen LogP contribution in [0.4, 0.5) is 0 Å². The van der Waals surface area contributed by atoms with E-state index in [-0.39, 0.29) is 0 Å². The Bertz CT molecular complexity index is 403. The Kier molecular flexibility index (Phi) is 3.39. The van der Waals surface area contributed by atoms with E-state index >= 15 is 0 Å². The lowest BCUT2D eigenvalue weighted by molar-refractivity contribution is 0.0853. The summed E-state index contributed by atoms with van der Waals surface area (Å²) in [7, 11) is 1.98. The van der Waals surface area contributed by atoms with E-state index in [0.717, 1.165) is 13.0 Å². The first kappa shape index (κ1) is 12.2. The molecule has 0 aliphatic carbocycles. The minimum atomic E-state index is 0.362. The summed E-state index contributed by atoms with van der Waals surface area (Å²) >= 11 is 0. The van der Waals surface area contributed by atoms with E-state index in [1.54, 1.807) is 0 Å². The van der Waals surface area contributed by atoms with Gasteiger partial charge in [0, 0.05) is 19.2 Å². The molecule has 0 saturated carbocycles. The average Bonchev–Trinajstić information content (AvgIpc) is 3.06. The van der Waals surface area contributed by atoms with Crippen LogP contribution in [0.3, 0.4) is 0 Å². The Morgan fingerprint density at radius 3 is 3.00 bits per heavy atom. The summed E-state index contributed by atoms with van der Waals surface area (Å²) in [5.41, 5.74) is 1.17. The van der Waals surface area contributed by atoms with Crippen LogP contribution >= 0.6 is 0 Å². The molecule has 1 N–H and O–H groups in total. The summed E-state index contributed by atoms with van der Waals surface area (Å²) in [6, 6.07) is 2.50. The zero-order valence-corrected chi connectivity index (χ0v) is 11.3. The maximum absolute atomic E-state index is 6.00. The Hall–Kier alpha value is -0.870. The predicted molar refractivity (Wildman–Crippen MR) is 70.2 cm³/mol. The van der Waals surface area contributed by atoms with Crippen molar-refractivity contribution in [3.8, 4) is 0 Å². The SMILES string of the molecule is CCCNC(c1ccn(C)n1)C1CC2CCC1O2. The van der Waals surface area contributed by atoms with E-state index in [0.29, 0.717) is 24.2 Å². The quantitative estimate of drug-likeness (QED) is 0.868. The van der Waals surface area contributed by atoms with Gasteiger partial charge in [0.15, 0.2) is 0 Å². The van der Waals surface area contributed by atoms with Gasteiger partial charge in [-0.25, -0.2) is 0 Å². The van der Waals surface area contributed by atoms with Gasteiger partial charge in [-0.3, -0.25) is 4.68 Å². The summed E-state index contributed by atoms with van der Waals surface area (Å²) in [5.74, 6) is 0.602. The van der Waals surface area contributed by atoms with Crippen LogP contribution in [-0.2, 0) is 11.8 Å². The monoisotopic (exact) mass is 249 g/mol. The first-order valence-electron chi connectivity index (χ1n) is 7.16. The van der Waals surface area contributed by atoms with Crippen molar-refractivity contribution in [1.82, 2.24) is 15.1 Å². The molecule has 0 amide bonds. The summed E-state index contributed by atoms with van der Waals surface area (Å²) in [5, 5.41) is 8.26. The third kappa shape index (κ3) is 2.19. The molecule has 2 fully saturated rings. The summed E-state index contributed by atoms with van der Waals surface area (Å²) in [6.07, 6.45) is 7.83. The van der Waals surface area contributed by atoms with E-state index in [1.165, 1.54) is 25.0 Å².